The van der Waals surface area contributed by atoms with Crippen LogP contribution in [0.15, 0.2) is 24.3 Å². The Morgan fingerprint density at radius 1 is 0.750 bits per heavy atom. The second-order valence-corrected chi connectivity index (χ2v) is 8.11. The predicted octanol–water partition coefficient (Wildman–Crippen LogP) is 7.60. The first-order valence-corrected chi connectivity index (χ1v) is 11.8. The molecule has 0 saturated carbocycles. The van der Waals surface area contributed by atoms with E-state index in [1.54, 1.807) is 0 Å². The number of anilines is 1. The maximum absolute atomic E-state index is 10.6. The molecule has 0 unspecified atom stereocenters. The normalized spacial score (nSPS) is 10.9. The topological polar surface area (TPSA) is 49.3 Å². The summed E-state index contributed by atoms with van der Waals surface area (Å²) in [6.45, 7) is 3.30. The zero-order chi connectivity index (χ0) is 20.3. The summed E-state index contributed by atoms with van der Waals surface area (Å²) < 4.78 is 0. The molecule has 3 heteroatoms. The number of carbonyl (C=O) groups is 1. The molecule has 0 saturated heterocycles. The smallest absolute Gasteiger partial charge is 0.303 e. The van der Waals surface area contributed by atoms with E-state index in [1.165, 1.54) is 89.9 Å². The van der Waals surface area contributed by atoms with Crippen molar-refractivity contribution in [2.75, 3.05) is 11.9 Å². The van der Waals surface area contributed by atoms with Crippen LogP contribution >= 0.6 is 0 Å². The van der Waals surface area contributed by atoms with Crippen LogP contribution in [0.1, 0.15) is 109 Å². The van der Waals surface area contributed by atoms with Gasteiger partial charge < -0.3 is 10.4 Å². The number of unbranched alkanes of at least 4 members (excludes halogenated alkanes) is 13. The summed E-state index contributed by atoms with van der Waals surface area (Å²) in [4.78, 5) is 10.6. The van der Waals surface area contributed by atoms with Crippen molar-refractivity contribution in [3.8, 4) is 0 Å². The van der Waals surface area contributed by atoms with Crippen molar-refractivity contribution >= 4 is 11.7 Å². The lowest BCUT2D eigenvalue weighted by atomic mass is 10.0. The first kappa shape index (κ1) is 24.5. The van der Waals surface area contributed by atoms with Crippen LogP contribution in [0.4, 0.5) is 5.69 Å². The van der Waals surface area contributed by atoms with Crippen molar-refractivity contribution in [2.24, 2.45) is 0 Å². The maximum atomic E-state index is 10.6. The minimum absolute atomic E-state index is 0.200. The Balaban J connectivity index is 1.85. The Kier molecular flexibility index (Phi) is 15.4. The fourth-order valence-electron chi connectivity index (χ4n) is 3.59. The summed E-state index contributed by atoms with van der Waals surface area (Å²) in [6.07, 6.45) is 20.3. The van der Waals surface area contributed by atoms with Crippen LogP contribution in [0.3, 0.4) is 0 Å². The zero-order valence-corrected chi connectivity index (χ0v) is 18.2. The largest absolute Gasteiger partial charge is 0.481 e. The number of aliphatic carboxylic acids is 1. The zero-order valence-electron chi connectivity index (χ0n) is 18.2. The number of hydrogen-bond acceptors (Lipinski definition) is 2. The molecule has 3 nitrogen and oxygen atoms in total. The van der Waals surface area contributed by atoms with Crippen LogP contribution in [0, 0.1) is 0 Å². The van der Waals surface area contributed by atoms with Gasteiger partial charge in [0.2, 0.25) is 0 Å². The molecule has 0 radical (unpaired) electrons. The van der Waals surface area contributed by atoms with Gasteiger partial charge in [0.05, 0.1) is 0 Å². The monoisotopic (exact) mass is 389 g/mol. The first-order valence-electron chi connectivity index (χ1n) is 11.8. The molecule has 0 amide bonds. The second kappa shape index (κ2) is 17.6. The van der Waals surface area contributed by atoms with Gasteiger partial charge >= 0.3 is 5.97 Å². The van der Waals surface area contributed by atoms with Gasteiger partial charge in [0.15, 0.2) is 0 Å². The molecular weight excluding hydrogens is 346 g/mol. The Bertz CT molecular complexity index is 484. The minimum Gasteiger partial charge on any atom is -0.481 e. The van der Waals surface area contributed by atoms with E-state index in [1.807, 2.05) is 12.1 Å². The second-order valence-electron chi connectivity index (χ2n) is 8.11. The van der Waals surface area contributed by atoms with Crippen molar-refractivity contribution in [1.82, 2.24) is 0 Å². The summed E-state index contributed by atoms with van der Waals surface area (Å²) in [5, 5.41) is 12.2. The molecular formula is C25H43NO2. The van der Waals surface area contributed by atoms with E-state index in [9.17, 15) is 4.79 Å². The summed E-state index contributed by atoms with van der Waals surface area (Å²) in [5.74, 6) is -0.736. The molecule has 0 fully saturated rings. The van der Waals surface area contributed by atoms with E-state index in [-0.39, 0.29) is 6.42 Å². The molecule has 28 heavy (non-hydrogen) atoms. The third-order valence-electron chi connectivity index (χ3n) is 5.44. The van der Waals surface area contributed by atoms with Crippen molar-refractivity contribution in [3.63, 3.8) is 0 Å². The molecule has 0 bridgehead atoms. The molecule has 0 aliphatic rings. The van der Waals surface area contributed by atoms with Crippen molar-refractivity contribution in [3.05, 3.63) is 29.8 Å². The quantitative estimate of drug-likeness (QED) is 0.239. The highest BCUT2D eigenvalue weighted by molar-refractivity contribution is 5.67. The molecule has 0 aliphatic carbocycles. The Morgan fingerprint density at radius 3 is 1.68 bits per heavy atom. The predicted molar refractivity (Wildman–Crippen MR) is 121 cm³/mol. The van der Waals surface area contributed by atoms with Gasteiger partial charge in [-0.3, -0.25) is 4.79 Å². The molecule has 0 spiro atoms. The molecule has 0 aromatic heterocycles. The van der Waals surface area contributed by atoms with Crippen LogP contribution in [0.5, 0.6) is 0 Å². The van der Waals surface area contributed by atoms with Crippen LogP contribution < -0.4 is 5.32 Å². The number of benzene rings is 1. The van der Waals surface area contributed by atoms with E-state index in [2.05, 4.69) is 24.4 Å². The van der Waals surface area contributed by atoms with Gasteiger partial charge in [0.25, 0.3) is 0 Å². The summed E-state index contributed by atoms with van der Waals surface area (Å²) >= 11 is 0. The van der Waals surface area contributed by atoms with Crippen LogP contribution in [0.25, 0.3) is 0 Å². The molecule has 2 N–H and O–H groups in total. The number of aryl methyl sites for hydroxylation is 1. The Morgan fingerprint density at radius 2 is 1.21 bits per heavy atom. The molecule has 0 atom stereocenters. The van der Waals surface area contributed by atoms with Crippen LogP contribution in [0.2, 0.25) is 0 Å². The van der Waals surface area contributed by atoms with Crippen LogP contribution in [-0.4, -0.2) is 17.6 Å². The van der Waals surface area contributed by atoms with Gasteiger partial charge in [0.1, 0.15) is 0 Å². The highest BCUT2D eigenvalue weighted by Gasteiger charge is 1.99. The minimum atomic E-state index is -0.736. The van der Waals surface area contributed by atoms with Gasteiger partial charge in [-0.1, -0.05) is 103 Å². The van der Waals surface area contributed by atoms with E-state index in [0.717, 1.165) is 17.8 Å². The first-order chi connectivity index (χ1) is 13.7. The molecule has 1 aromatic carbocycles. The number of hydrogen-bond donors (Lipinski definition) is 2. The molecule has 160 valence electrons. The fraction of sp³-hybridized carbons (Fsp3) is 0.720. The van der Waals surface area contributed by atoms with Crippen molar-refractivity contribution < 1.29 is 9.90 Å². The third-order valence-corrected chi connectivity index (χ3v) is 5.44. The highest BCUT2D eigenvalue weighted by atomic mass is 16.4. The fourth-order valence-corrected chi connectivity index (χ4v) is 3.59. The maximum Gasteiger partial charge on any atom is 0.303 e. The van der Waals surface area contributed by atoms with Gasteiger partial charge in [-0.25, -0.2) is 0 Å². The van der Waals surface area contributed by atoms with Crippen molar-refractivity contribution in [2.45, 2.75) is 110 Å². The average Bonchev–Trinajstić information content (AvgIpc) is 2.70. The molecule has 1 aromatic rings. The van der Waals surface area contributed by atoms with Crippen molar-refractivity contribution in [1.29, 1.82) is 0 Å². The SMILES string of the molecule is CCCCCCCCCCCCCCCCNc1ccc(CCC(=O)O)cc1. The number of carboxylic acids is 1. The average molecular weight is 390 g/mol. The number of nitrogens with one attached hydrogen (secondary N) is 1. The summed E-state index contributed by atoms with van der Waals surface area (Å²) in [7, 11) is 0. The standard InChI is InChI=1S/C25H43NO2/c1-2-3-4-5-6-7-8-9-10-11-12-13-14-15-22-26-24-19-16-23(17-20-24)18-21-25(27)28/h16-17,19-20,26H,2-15,18,21-22H2,1H3,(H,27,28). The lowest BCUT2D eigenvalue weighted by Crippen LogP contribution is -2.02. The summed E-state index contributed by atoms with van der Waals surface area (Å²) in [5.41, 5.74) is 2.22. The van der Waals surface area contributed by atoms with Gasteiger partial charge in [0, 0.05) is 18.7 Å². The molecule has 0 aliphatic heterocycles. The Labute approximate surface area is 173 Å². The van der Waals surface area contributed by atoms with Gasteiger partial charge in [-0.2, -0.15) is 0 Å². The highest BCUT2D eigenvalue weighted by Crippen LogP contribution is 2.14. The number of rotatable bonds is 19. The van der Waals surface area contributed by atoms with E-state index >= 15 is 0 Å². The van der Waals surface area contributed by atoms with E-state index < -0.39 is 5.97 Å². The van der Waals surface area contributed by atoms with E-state index in [4.69, 9.17) is 5.11 Å². The molecule has 0 heterocycles. The lowest BCUT2D eigenvalue weighted by Gasteiger charge is -2.07. The van der Waals surface area contributed by atoms with Gasteiger partial charge in [-0.15, -0.1) is 0 Å². The van der Waals surface area contributed by atoms with Crippen LogP contribution in [-0.2, 0) is 11.2 Å². The molecule has 1 rings (SSSR count). The number of carboxylic acid groups (broad SMARTS) is 1. The van der Waals surface area contributed by atoms with Gasteiger partial charge in [-0.05, 0) is 30.5 Å². The lowest BCUT2D eigenvalue weighted by molar-refractivity contribution is -0.136. The Hall–Kier alpha value is -1.51. The summed E-state index contributed by atoms with van der Waals surface area (Å²) in [6, 6.07) is 8.16. The third kappa shape index (κ3) is 14.5. The van der Waals surface area contributed by atoms with E-state index in [0.29, 0.717) is 6.42 Å².